The fourth-order valence-electron chi connectivity index (χ4n) is 1.81. The zero-order chi connectivity index (χ0) is 12.3. The SMILES string of the molecule is CNCc1cc(F)ccc1-c1ccc(C)nc1. The van der Waals surface area contributed by atoms with Crippen LogP contribution in [0.5, 0.6) is 0 Å². The minimum absolute atomic E-state index is 0.209. The standard InChI is InChI=1S/C14H15FN2/c1-10-3-4-11(9-17-10)14-6-5-13(15)7-12(14)8-16-2/h3-7,9,16H,8H2,1-2H3. The van der Waals surface area contributed by atoms with Crippen LogP contribution in [0.1, 0.15) is 11.3 Å². The van der Waals surface area contributed by atoms with Crippen LogP contribution in [0, 0.1) is 12.7 Å². The first-order chi connectivity index (χ1) is 8.20. The lowest BCUT2D eigenvalue weighted by Crippen LogP contribution is -2.06. The quantitative estimate of drug-likeness (QED) is 0.877. The van der Waals surface area contributed by atoms with E-state index < -0.39 is 0 Å². The molecule has 0 amide bonds. The first kappa shape index (κ1) is 11.7. The Labute approximate surface area is 101 Å². The van der Waals surface area contributed by atoms with Crippen LogP contribution in [0.2, 0.25) is 0 Å². The zero-order valence-electron chi connectivity index (χ0n) is 10.00. The van der Waals surface area contributed by atoms with Crippen molar-refractivity contribution in [3.05, 3.63) is 53.6 Å². The minimum atomic E-state index is -0.209. The number of pyridine rings is 1. The Bertz CT molecular complexity index is 506. The second-order valence-electron chi connectivity index (χ2n) is 4.02. The van der Waals surface area contributed by atoms with Crippen molar-refractivity contribution in [1.82, 2.24) is 10.3 Å². The van der Waals surface area contributed by atoms with Crippen molar-refractivity contribution in [1.29, 1.82) is 0 Å². The number of rotatable bonds is 3. The van der Waals surface area contributed by atoms with Gasteiger partial charge in [0.25, 0.3) is 0 Å². The zero-order valence-corrected chi connectivity index (χ0v) is 10.00. The molecule has 0 bridgehead atoms. The van der Waals surface area contributed by atoms with E-state index in [1.165, 1.54) is 6.07 Å². The van der Waals surface area contributed by atoms with Gasteiger partial charge in [0.05, 0.1) is 0 Å². The van der Waals surface area contributed by atoms with E-state index in [9.17, 15) is 4.39 Å². The van der Waals surface area contributed by atoms with Crippen LogP contribution in [0.25, 0.3) is 11.1 Å². The predicted octanol–water partition coefficient (Wildman–Crippen LogP) is 2.92. The number of hydrogen-bond acceptors (Lipinski definition) is 2. The van der Waals surface area contributed by atoms with Gasteiger partial charge in [-0.15, -0.1) is 0 Å². The van der Waals surface area contributed by atoms with Gasteiger partial charge in [0.2, 0.25) is 0 Å². The number of halogens is 1. The van der Waals surface area contributed by atoms with Crippen molar-refractivity contribution in [3.8, 4) is 11.1 Å². The monoisotopic (exact) mass is 230 g/mol. The van der Waals surface area contributed by atoms with Gasteiger partial charge in [0, 0.05) is 24.0 Å². The molecule has 0 radical (unpaired) electrons. The molecule has 1 aromatic carbocycles. The number of hydrogen-bond donors (Lipinski definition) is 1. The third kappa shape index (κ3) is 2.68. The summed E-state index contributed by atoms with van der Waals surface area (Å²) in [5.41, 5.74) is 3.96. The van der Waals surface area contributed by atoms with Crippen LogP contribution in [0.3, 0.4) is 0 Å². The third-order valence-corrected chi connectivity index (χ3v) is 2.66. The molecule has 0 atom stereocenters. The Kier molecular flexibility index (Phi) is 3.49. The average molecular weight is 230 g/mol. The van der Waals surface area contributed by atoms with Crippen molar-refractivity contribution in [3.63, 3.8) is 0 Å². The summed E-state index contributed by atoms with van der Waals surface area (Å²) >= 11 is 0. The molecule has 3 heteroatoms. The molecule has 2 rings (SSSR count). The summed E-state index contributed by atoms with van der Waals surface area (Å²) in [6.45, 7) is 2.59. The van der Waals surface area contributed by atoms with Crippen LogP contribution in [-0.4, -0.2) is 12.0 Å². The Morgan fingerprint density at radius 3 is 2.71 bits per heavy atom. The van der Waals surface area contributed by atoms with Crippen LogP contribution in [0.15, 0.2) is 36.5 Å². The molecular formula is C14H15FN2. The fraction of sp³-hybridized carbons (Fsp3) is 0.214. The van der Waals surface area contributed by atoms with Gasteiger partial charge >= 0.3 is 0 Å². The van der Waals surface area contributed by atoms with Gasteiger partial charge in [-0.3, -0.25) is 4.98 Å². The van der Waals surface area contributed by atoms with Crippen LogP contribution in [0.4, 0.5) is 4.39 Å². The van der Waals surface area contributed by atoms with Crippen LogP contribution in [-0.2, 0) is 6.54 Å². The molecule has 0 aliphatic rings. The topological polar surface area (TPSA) is 24.9 Å². The van der Waals surface area contributed by atoms with Gasteiger partial charge in [0.15, 0.2) is 0 Å². The maximum atomic E-state index is 13.2. The Morgan fingerprint density at radius 2 is 2.06 bits per heavy atom. The summed E-state index contributed by atoms with van der Waals surface area (Å²) in [6, 6.07) is 8.81. The molecule has 17 heavy (non-hydrogen) atoms. The lowest BCUT2D eigenvalue weighted by Gasteiger charge is -2.09. The molecule has 88 valence electrons. The summed E-state index contributed by atoms with van der Waals surface area (Å²) in [7, 11) is 1.85. The van der Waals surface area contributed by atoms with Crippen LogP contribution >= 0.6 is 0 Å². The van der Waals surface area contributed by atoms with Gasteiger partial charge in [-0.2, -0.15) is 0 Å². The first-order valence-electron chi connectivity index (χ1n) is 5.57. The number of nitrogens with zero attached hydrogens (tertiary/aromatic N) is 1. The molecule has 1 N–H and O–H groups in total. The molecule has 1 aromatic heterocycles. The molecule has 0 spiro atoms. The van der Waals surface area contributed by atoms with E-state index in [1.54, 1.807) is 12.1 Å². The van der Waals surface area contributed by atoms with Crippen molar-refractivity contribution >= 4 is 0 Å². The highest BCUT2D eigenvalue weighted by molar-refractivity contribution is 5.66. The molecule has 0 aliphatic heterocycles. The number of aryl methyl sites for hydroxylation is 1. The number of nitrogens with one attached hydrogen (secondary N) is 1. The van der Waals surface area contributed by atoms with Crippen molar-refractivity contribution in [2.45, 2.75) is 13.5 Å². The molecule has 0 saturated heterocycles. The van der Waals surface area contributed by atoms with E-state index in [1.807, 2.05) is 32.3 Å². The maximum Gasteiger partial charge on any atom is 0.123 e. The smallest absolute Gasteiger partial charge is 0.123 e. The van der Waals surface area contributed by atoms with Gasteiger partial charge in [0.1, 0.15) is 5.82 Å². The normalized spacial score (nSPS) is 10.5. The summed E-state index contributed by atoms with van der Waals surface area (Å²) in [5, 5.41) is 3.05. The Hall–Kier alpha value is -1.74. The molecule has 1 heterocycles. The van der Waals surface area contributed by atoms with E-state index in [2.05, 4.69) is 10.3 Å². The maximum absolute atomic E-state index is 13.2. The largest absolute Gasteiger partial charge is 0.316 e. The minimum Gasteiger partial charge on any atom is -0.316 e. The van der Waals surface area contributed by atoms with E-state index >= 15 is 0 Å². The second kappa shape index (κ2) is 5.06. The van der Waals surface area contributed by atoms with Crippen molar-refractivity contribution < 1.29 is 4.39 Å². The van der Waals surface area contributed by atoms with E-state index in [4.69, 9.17) is 0 Å². The van der Waals surface area contributed by atoms with Crippen LogP contribution < -0.4 is 5.32 Å². The lowest BCUT2D eigenvalue weighted by molar-refractivity contribution is 0.624. The van der Waals surface area contributed by atoms with E-state index in [0.717, 1.165) is 22.4 Å². The van der Waals surface area contributed by atoms with Crippen molar-refractivity contribution in [2.75, 3.05) is 7.05 Å². The van der Waals surface area contributed by atoms with E-state index in [-0.39, 0.29) is 5.82 Å². The first-order valence-corrected chi connectivity index (χ1v) is 5.57. The molecule has 2 nitrogen and oxygen atoms in total. The summed E-state index contributed by atoms with van der Waals surface area (Å²) in [4.78, 5) is 4.27. The average Bonchev–Trinajstić information content (AvgIpc) is 2.31. The Morgan fingerprint density at radius 1 is 1.24 bits per heavy atom. The molecule has 0 saturated carbocycles. The molecule has 2 aromatic rings. The Balaban J connectivity index is 2.46. The number of benzene rings is 1. The van der Waals surface area contributed by atoms with Gasteiger partial charge in [-0.1, -0.05) is 12.1 Å². The van der Waals surface area contributed by atoms with Gasteiger partial charge in [-0.05, 0) is 43.3 Å². The van der Waals surface area contributed by atoms with E-state index in [0.29, 0.717) is 6.54 Å². The highest BCUT2D eigenvalue weighted by Crippen LogP contribution is 2.24. The fourth-order valence-corrected chi connectivity index (χ4v) is 1.81. The molecule has 0 aliphatic carbocycles. The molecule has 0 fully saturated rings. The van der Waals surface area contributed by atoms with Gasteiger partial charge in [-0.25, -0.2) is 4.39 Å². The predicted molar refractivity (Wildman–Crippen MR) is 67.1 cm³/mol. The summed E-state index contributed by atoms with van der Waals surface area (Å²) in [5.74, 6) is -0.209. The summed E-state index contributed by atoms with van der Waals surface area (Å²) in [6.07, 6.45) is 1.82. The highest BCUT2D eigenvalue weighted by atomic mass is 19.1. The molecular weight excluding hydrogens is 215 g/mol. The highest BCUT2D eigenvalue weighted by Gasteiger charge is 2.06. The third-order valence-electron chi connectivity index (χ3n) is 2.66. The van der Waals surface area contributed by atoms with Gasteiger partial charge < -0.3 is 5.32 Å². The molecule has 0 unspecified atom stereocenters. The second-order valence-corrected chi connectivity index (χ2v) is 4.02. The lowest BCUT2D eigenvalue weighted by atomic mass is 10.0. The summed E-state index contributed by atoms with van der Waals surface area (Å²) < 4.78 is 13.2. The number of aromatic nitrogens is 1. The van der Waals surface area contributed by atoms with Crippen molar-refractivity contribution in [2.24, 2.45) is 0 Å².